The summed E-state index contributed by atoms with van der Waals surface area (Å²) in [5, 5.41) is 21.1. The Morgan fingerprint density at radius 2 is 1.63 bits per heavy atom. The highest BCUT2D eigenvalue weighted by molar-refractivity contribution is 5.48. The average Bonchev–Trinajstić information content (AvgIpc) is 2.70. The standard InChI is InChI=1S/C21H25N3O3/c25-21(19-8-10-20(11-9-19)24(26)27)17-23-15-13-22(14-16-23)12-4-7-18-5-2-1-3-6-18/h1-11,21,25H,12-17H2/b7-4+/t21-/m1/s1. The molecule has 1 fully saturated rings. The van der Waals surface area contributed by atoms with Gasteiger partial charge in [-0.1, -0.05) is 42.5 Å². The maximum absolute atomic E-state index is 10.7. The fraction of sp³-hybridized carbons (Fsp3) is 0.333. The summed E-state index contributed by atoms with van der Waals surface area (Å²) in [7, 11) is 0. The van der Waals surface area contributed by atoms with Crippen LogP contribution in [-0.4, -0.2) is 59.1 Å². The fourth-order valence-corrected chi connectivity index (χ4v) is 3.22. The Morgan fingerprint density at radius 3 is 2.26 bits per heavy atom. The summed E-state index contributed by atoms with van der Waals surface area (Å²) in [6.45, 7) is 5.21. The third-order valence-corrected chi connectivity index (χ3v) is 4.86. The van der Waals surface area contributed by atoms with Crippen LogP contribution in [0.1, 0.15) is 17.2 Å². The predicted octanol–water partition coefficient (Wildman–Crippen LogP) is 2.96. The summed E-state index contributed by atoms with van der Waals surface area (Å²) in [5.74, 6) is 0. The molecule has 1 aliphatic rings. The lowest BCUT2D eigenvalue weighted by atomic mass is 10.1. The minimum absolute atomic E-state index is 0.0446. The Kier molecular flexibility index (Phi) is 6.70. The summed E-state index contributed by atoms with van der Waals surface area (Å²) in [5.41, 5.74) is 1.97. The van der Waals surface area contributed by atoms with Crippen LogP contribution in [-0.2, 0) is 0 Å². The van der Waals surface area contributed by atoms with Gasteiger partial charge in [-0.3, -0.25) is 19.9 Å². The zero-order valence-corrected chi connectivity index (χ0v) is 15.3. The minimum Gasteiger partial charge on any atom is -0.387 e. The normalized spacial score (nSPS) is 17.2. The van der Waals surface area contributed by atoms with Gasteiger partial charge < -0.3 is 5.11 Å². The van der Waals surface area contributed by atoms with Crippen LogP contribution in [0, 0.1) is 10.1 Å². The van der Waals surface area contributed by atoms with Gasteiger partial charge in [0, 0.05) is 51.4 Å². The Hall–Kier alpha value is -2.54. The van der Waals surface area contributed by atoms with E-state index in [9.17, 15) is 15.2 Å². The first kappa shape index (κ1) is 19.2. The highest BCUT2D eigenvalue weighted by Gasteiger charge is 2.19. The number of nitro benzene ring substituents is 1. The maximum Gasteiger partial charge on any atom is 0.269 e. The van der Waals surface area contributed by atoms with Crippen LogP contribution in [0.2, 0.25) is 0 Å². The third kappa shape index (κ3) is 5.72. The molecule has 0 spiro atoms. The van der Waals surface area contributed by atoms with E-state index in [2.05, 4.69) is 34.1 Å². The highest BCUT2D eigenvalue weighted by Crippen LogP contribution is 2.19. The maximum atomic E-state index is 10.7. The molecule has 1 N–H and O–H groups in total. The van der Waals surface area contributed by atoms with E-state index in [-0.39, 0.29) is 5.69 Å². The molecule has 1 aliphatic heterocycles. The lowest BCUT2D eigenvalue weighted by molar-refractivity contribution is -0.384. The SMILES string of the molecule is O=[N+]([O-])c1ccc([C@H](O)CN2CCN(C/C=C/c3ccccc3)CC2)cc1. The average molecular weight is 367 g/mol. The van der Waals surface area contributed by atoms with Gasteiger partial charge in [0.2, 0.25) is 0 Å². The second-order valence-electron chi connectivity index (χ2n) is 6.78. The van der Waals surface area contributed by atoms with E-state index in [1.54, 1.807) is 12.1 Å². The molecule has 1 saturated heterocycles. The van der Waals surface area contributed by atoms with Crippen molar-refractivity contribution in [1.29, 1.82) is 0 Å². The van der Waals surface area contributed by atoms with Gasteiger partial charge >= 0.3 is 0 Å². The number of nitrogens with zero attached hydrogens (tertiary/aromatic N) is 3. The summed E-state index contributed by atoms with van der Waals surface area (Å²) in [6.07, 6.45) is 3.71. The van der Waals surface area contributed by atoms with E-state index >= 15 is 0 Å². The number of nitro groups is 1. The number of β-amino-alcohol motifs (C(OH)–C–C–N with tert-alkyl or cyclic N) is 1. The number of hydrogen-bond donors (Lipinski definition) is 1. The van der Waals surface area contributed by atoms with Crippen LogP contribution in [0.15, 0.2) is 60.7 Å². The number of rotatable bonds is 7. The van der Waals surface area contributed by atoms with Crippen molar-refractivity contribution < 1.29 is 10.0 Å². The molecule has 1 heterocycles. The number of aliphatic hydroxyl groups excluding tert-OH is 1. The van der Waals surface area contributed by atoms with Crippen LogP contribution < -0.4 is 0 Å². The van der Waals surface area contributed by atoms with Crippen molar-refractivity contribution in [2.45, 2.75) is 6.10 Å². The molecule has 0 radical (unpaired) electrons. The fourth-order valence-electron chi connectivity index (χ4n) is 3.22. The molecular weight excluding hydrogens is 342 g/mol. The van der Waals surface area contributed by atoms with Crippen molar-refractivity contribution in [2.24, 2.45) is 0 Å². The van der Waals surface area contributed by atoms with E-state index < -0.39 is 11.0 Å². The summed E-state index contributed by atoms with van der Waals surface area (Å²) >= 11 is 0. The molecule has 6 nitrogen and oxygen atoms in total. The summed E-state index contributed by atoms with van der Waals surface area (Å²) in [4.78, 5) is 14.9. The van der Waals surface area contributed by atoms with E-state index in [0.717, 1.165) is 32.7 Å². The zero-order chi connectivity index (χ0) is 19.1. The summed E-state index contributed by atoms with van der Waals surface area (Å²) < 4.78 is 0. The predicted molar refractivity (Wildman–Crippen MR) is 106 cm³/mol. The Balaban J connectivity index is 1.42. The van der Waals surface area contributed by atoms with E-state index in [1.807, 2.05) is 18.2 Å². The largest absolute Gasteiger partial charge is 0.387 e. The van der Waals surface area contributed by atoms with Gasteiger partial charge in [0.05, 0.1) is 11.0 Å². The number of non-ortho nitro benzene ring substituents is 1. The lowest BCUT2D eigenvalue weighted by Crippen LogP contribution is -2.47. The first-order valence-electron chi connectivity index (χ1n) is 9.20. The van der Waals surface area contributed by atoms with Gasteiger partial charge in [0.25, 0.3) is 5.69 Å². The molecule has 0 saturated carbocycles. The smallest absolute Gasteiger partial charge is 0.269 e. The highest BCUT2D eigenvalue weighted by atomic mass is 16.6. The molecule has 0 aliphatic carbocycles. The van der Waals surface area contributed by atoms with Gasteiger partial charge in [0.1, 0.15) is 0 Å². The molecule has 2 aromatic rings. The van der Waals surface area contributed by atoms with Crippen LogP contribution >= 0.6 is 0 Å². The first-order chi connectivity index (χ1) is 13.1. The van der Waals surface area contributed by atoms with E-state index in [1.165, 1.54) is 17.7 Å². The van der Waals surface area contributed by atoms with Gasteiger partial charge in [-0.15, -0.1) is 0 Å². The molecule has 0 amide bonds. The van der Waals surface area contributed by atoms with Crippen LogP contribution in [0.5, 0.6) is 0 Å². The third-order valence-electron chi connectivity index (χ3n) is 4.86. The van der Waals surface area contributed by atoms with Gasteiger partial charge in [0.15, 0.2) is 0 Å². The van der Waals surface area contributed by atoms with Crippen molar-refractivity contribution in [3.63, 3.8) is 0 Å². The summed E-state index contributed by atoms with van der Waals surface area (Å²) in [6, 6.07) is 16.4. The van der Waals surface area contributed by atoms with Gasteiger partial charge in [-0.05, 0) is 23.3 Å². The van der Waals surface area contributed by atoms with Gasteiger partial charge in [-0.2, -0.15) is 0 Å². The number of benzene rings is 2. The Bertz CT molecular complexity index is 754. The van der Waals surface area contributed by atoms with Crippen molar-refractivity contribution in [3.05, 3.63) is 81.9 Å². The number of aliphatic hydroxyl groups is 1. The minimum atomic E-state index is -0.629. The second-order valence-corrected chi connectivity index (χ2v) is 6.78. The molecule has 0 aromatic heterocycles. The lowest BCUT2D eigenvalue weighted by Gasteiger charge is -2.35. The molecule has 2 aromatic carbocycles. The van der Waals surface area contributed by atoms with E-state index in [0.29, 0.717) is 12.1 Å². The molecule has 6 heteroatoms. The van der Waals surface area contributed by atoms with Gasteiger partial charge in [-0.25, -0.2) is 0 Å². The molecule has 1 atom stereocenters. The topological polar surface area (TPSA) is 69.8 Å². The van der Waals surface area contributed by atoms with E-state index in [4.69, 9.17) is 0 Å². The first-order valence-corrected chi connectivity index (χ1v) is 9.20. The zero-order valence-electron chi connectivity index (χ0n) is 15.3. The number of piperazine rings is 1. The second kappa shape index (κ2) is 9.41. The Morgan fingerprint density at radius 1 is 1.00 bits per heavy atom. The molecule has 27 heavy (non-hydrogen) atoms. The van der Waals surface area contributed by atoms with Crippen molar-refractivity contribution in [3.8, 4) is 0 Å². The molecule has 0 unspecified atom stereocenters. The van der Waals surface area contributed by atoms with Crippen LogP contribution in [0.4, 0.5) is 5.69 Å². The number of hydrogen-bond acceptors (Lipinski definition) is 5. The van der Waals surface area contributed by atoms with Crippen LogP contribution in [0.25, 0.3) is 6.08 Å². The quantitative estimate of drug-likeness (QED) is 0.602. The van der Waals surface area contributed by atoms with Crippen molar-refractivity contribution in [2.75, 3.05) is 39.3 Å². The Labute approximate surface area is 159 Å². The molecule has 0 bridgehead atoms. The van der Waals surface area contributed by atoms with Crippen molar-refractivity contribution in [1.82, 2.24) is 9.80 Å². The monoisotopic (exact) mass is 367 g/mol. The molecular formula is C21H25N3O3. The van der Waals surface area contributed by atoms with Crippen LogP contribution in [0.3, 0.4) is 0 Å². The molecule has 3 rings (SSSR count). The van der Waals surface area contributed by atoms with Crippen molar-refractivity contribution >= 4 is 11.8 Å². The molecule has 142 valence electrons.